The summed E-state index contributed by atoms with van der Waals surface area (Å²) in [5, 5.41) is 3.07. The molecule has 0 bridgehead atoms. The van der Waals surface area contributed by atoms with Crippen LogP contribution in [-0.2, 0) is 10.0 Å². The summed E-state index contributed by atoms with van der Waals surface area (Å²) in [6, 6.07) is 4.96. The van der Waals surface area contributed by atoms with E-state index in [-0.39, 0.29) is 10.8 Å². The van der Waals surface area contributed by atoms with Gasteiger partial charge < -0.3 is 15.1 Å². The van der Waals surface area contributed by atoms with Crippen LogP contribution in [0.4, 0.5) is 5.69 Å². The maximum Gasteiger partial charge on any atom is 0.253 e. The molecular weight excluding hydrogens is 412 g/mol. The molecule has 3 rings (SSSR count). The van der Waals surface area contributed by atoms with Crippen LogP contribution in [0, 0.1) is 5.92 Å². The Balaban J connectivity index is 1.76. The first-order valence-electron chi connectivity index (χ1n) is 11.6. The van der Waals surface area contributed by atoms with Gasteiger partial charge in [-0.25, -0.2) is 12.7 Å². The molecule has 2 heterocycles. The van der Waals surface area contributed by atoms with Gasteiger partial charge in [-0.1, -0.05) is 13.3 Å². The molecule has 31 heavy (non-hydrogen) atoms. The fourth-order valence-corrected chi connectivity index (χ4v) is 5.42. The second-order valence-electron chi connectivity index (χ2n) is 9.19. The summed E-state index contributed by atoms with van der Waals surface area (Å²) in [4.78, 5) is 18.0. The number of benzene rings is 1. The van der Waals surface area contributed by atoms with Gasteiger partial charge in [0.1, 0.15) is 0 Å². The van der Waals surface area contributed by atoms with Gasteiger partial charge in [-0.15, -0.1) is 0 Å². The number of rotatable bonds is 8. The molecule has 1 unspecified atom stereocenters. The number of anilines is 1. The number of hydrogen-bond donors (Lipinski definition) is 1. The van der Waals surface area contributed by atoms with Crippen LogP contribution in [0.3, 0.4) is 0 Å². The zero-order valence-electron chi connectivity index (χ0n) is 19.3. The summed E-state index contributed by atoms with van der Waals surface area (Å²) in [6.07, 6.45) is 7.19. The fraction of sp³-hybridized carbons (Fsp3) is 0.696. The molecule has 1 aromatic carbocycles. The smallest absolute Gasteiger partial charge is 0.253 e. The molecule has 0 aromatic heterocycles. The summed E-state index contributed by atoms with van der Waals surface area (Å²) < 4.78 is 26.5. The highest BCUT2D eigenvalue weighted by atomic mass is 32.2. The zero-order valence-corrected chi connectivity index (χ0v) is 20.1. The molecule has 1 amide bonds. The maximum atomic E-state index is 13.2. The molecule has 2 aliphatic heterocycles. The Morgan fingerprint density at radius 3 is 2.26 bits per heavy atom. The maximum absolute atomic E-state index is 13.2. The Morgan fingerprint density at radius 1 is 1.03 bits per heavy atom. The lowest BCUT2D eigenvalue weighted by Gasteiger charge is -2.31. The molecule has 0 spiro atoms. The van der Waals surface area contributed by atoms with Crippen LogP contribution in [0.25, 0.3) is 0 Å². The van der Waals surface area contributed by atoms with Gasteiger partial charge in [-0.2, -0.15) is 0 Å². The number of likely N-dealkylation sites (tertiary alicyclic amines) is 1. The Morgan fingerprint density at radius 2 is 1.65 bits per heavy atom. The van der Waals surface area contributed by atoms with Crippen LogP contribution in [0.2, 0.25) is 0 Å². The van der Waals surface area contributed by atoms with Gasteiger partial charge in [0.15, 0.2) is 0 Å². The third-order valence-electron chi connectivity index (χ3n) is 6.32. The van der Waals surface area contributed by atoms with Crippen molar-refractivity contribution in [3.8, 4) is 0 Å². The highest BCUT2D eigenvalue weighted by molar-refractivity contribution is 7.89. The largest absolute Gasteiger partial charge is 0.371 e. The van der Waals surface area contributed by atoms with E-state index in [1.165, 1.54) is 44.1 Å². The lowest BCUT2D eigenvalue weighted by Crippen LogP contribution is -2.38. The average Bonchev–Trinajstić information content (AvgIpc) is 2.78. The Kier molecular flexibility index (Phi) is 8.36. The van der Waals surface area contributed by atoms with Crippen molar-refractivity contribution >= 4 is 21.6 Å². The first-order valence-corrected chi connectivity index (χ1v) is 13.0. The van der Waals surface area contributed by atoms with Crippen LogP contribution in [-0.4, -0.2) is 76.9 Å². The minimum atomic E-state index is -3.60. The van der Waals surface area contributed by atoms with E-state index in [9.17, 15) is 13.2 Å². The standard InChI is InChI=1S/C23H38N4O3S/c1-19(18-26-12-6-4-7-13-26)17-24-23(28)21-16-20(31(29,30)25(2)3)10-11-22(21)27-14-8-5-9-15-27/h10-11,16,19H,4-9,12-15,17-18H2,1-3H3,(H,24,28). The van der Waals surface area contributed by atoms with Crippen LogP contribution in [0.1, 0.15) is 55.8 Å². The second-order valence-corrected chi connectivity index (χ2v) is 11.3. The van der Waals surface area contributed by atoms with Crippen molar-refractivity contribution in [3.05, 3.63) is 23.8 Å². The number of amides is 1. The summed E-state index contributed by atoms with van der Waals surface area (Å²) in [7, 11) is -0.583. The van der Waals surface area contributed by atoms with Gasteiger partial charge in [0, 0.05) is 46.0 Å². The van der Waals surface area contributed by atoms with Crippen molar-refractivity contribution < 1.29 is 13.2 Å². The summed E-state index contributed by atoms with van der Waals surface area (Å²) in [5.74, 6) is 0.149. The van der Waals surface area contributed by atoms with Gasteiger partial charge in [0.2, 0.25) is 10.0 Å². The quantitative estimate of drug-likeness (QED) is 0.659. The monoisotopic (exact) mass is 450 g/mol. The van der Waals surface area contributed by atoms with Crippen molar-refractivity contribution in [1.82, 2.24) is 14.5 Å². The minimum Gasteiger partial charge on any atom is -0.371 e. The van der Waals surface area contributed by atoms with Gasteiger partial charge in [-0.3, -0.25) is 4.79 Å². The Bertz CT molecular complexity index is 844. The van der Waals surface area contributed by atoms with Gasteiger partial charge in [0.25, 0.3) is 5.91 Å². The van der Waals surface area contributed by atoms with Crippen molar-refractivity contribution in [2.24, 2.45) is 5.92 Å². The summed E-state index contributed by atoms with van der Waals surface area (Å²) in [5.41, 5.74) is 1.29. The average molecular weight is 451 g/mol. The first-order chi connectivity index (χ1) is 14.8. The highest BCUT2D eigenvalue weighted by Crippen LogP contribution is 2.28. The third kappa shape index (κ3) is 6.20. The summed E-state index contributed by atoms with van der Waals surface area (Å²) >= 11 is 0. The zero-order chi connectivity index (χ0) is 22.4. The lowest BCUT2D eigenvalue weighted by atomic mass is 10.1. The summed E-state index contributed by atoms with van der Waals surface area (Å²) in [6.45, 7) is 7.79. The molecular formula is C23H38N4O3S. The van der Waals surface area contributed by atoms with Crippen molar-refractivity contribution in [1.29, 1.82) is 0 Å². The van der Waals surface area contributed by atoms with Crippen molar-refractivity contribution in [2.75, 3.05) is 58.3 Å². The molecule has 2 saturated heterocycles. The molecule has 2 fully saturated rings. The van der Waals surface area contributed by atoms with Gasteiger partial charge >= 0.3 is 0 Å². The SMILES string of the molecule is CC(CNC(=O)c1cc(S(=O)(=O)N(C)C)ccc1N1CCCCC1)CN1CCCCC1. The molecule has 1 N–H and O–H groups in total. The van der Waals surface area contributed by atoms with E-state index in [2.05, 4.69) is 22.0 Å². The van der Waals surface area contributed by atoms with E-state index < -0.39 is 10.0 Å². The Labute approximate surface area is 187 Å². The van der Waals surface area contributed by atoms with Crippen LogP contribution in [0.5, 0.6) is 0 Å². The molecule has 8 heteroatoms. The molecule has 2 aliphatic rings. The number of sulfonamides is 1. The molecule has 0 aliphatic carbocycles. The minimum absolute atomic E-state index is 0.157. The molecule has 174 valence electrons. The number of nitrogens with one attached hydrogen (secondary N) is 1. The predicted octanol–water partition coefficient (Wildman–Crippen LogP) is 2.78. The Hall–Kier alpha value is -1.64. The van der Waals surface area contributed by atoms with Crippen LogP contribution >= 0.6 is 0 Å². The van der Waals surface area contributed by atoms with Crippen LogP contribution < -0.4 is 10.2 Å². The molecule has 1 atom stereocenters. The van der Waals surface area contributed by atoms with E-state index >= 15 is 0 Å². The molecule has 0 radical (unpaired) electrons. The van der Waals surface area contributed by atoms with Crippen molar-refractivity contribution in [2.45, 2.75) is 50.3 Å². The fourth-order valence-electron chi connectivity index (χ4n) is 4.49. The van der Waals surface area contributed by atoms with Crippen LogP contribution in [0.15, 0.2) is 23.1 Å². The third-order valence-corrected chi connectivity index (χ3v) is 8.13. The number of piperidine rings is 2. The number of nitrogens with zero attached hydrogens (tertiary/aromatic N) is 3. The predicted molar refractivity (Wildman–Crippen MR) is 125 cm³/mol. The number of carbonyl (C=O) groups excluding carboxylic acids is 1. The van der Waals surface area contributed by atoms with Crippen molar-refractivity contribution in [3.63, 3.8) is 0 Å². The van der Waals surface area contributed by atoms with Gasteiger partial charge in [-0.05, 0) is 69.3 Å². The topological polar surface area (TPSA) is 73.0 Å². The van der Waals surface area contributed by atoms with E-state index in [4.69, 9.17) is 0 Å². The van der Waals surface area contributed by atoms with E-state index in [0.717, 1.165) is 51.3 Å². The highest BCUT2D eigenvalue weighted by Gasteiger charge is 2.24. The lowest BCUT2D eigenvalue weighted by molar-refractivity contribution is 0.0942. The first kappa shape index (κ1) is 24.0. The van der Waals surface area contributed by atoms with E-state index in [1.807, 2.05) is 0 Å². The molecule has 0 saturated carbocycles. The molecule has 7 nitrogen and oxygen atoms in total. The second kappa shape index (κ2) is 10.8. The normalized spacial score (nSPS) is 19.4. The number of hydrogen-bond acceptors (Lipinski definition) is 5. The molecule has 1 aromatic rings. The van der Waals surface area contributed by atoms with E-state index in [0.29, 0.717) is 18.0 Å². The number of carbonyl (C=O) groups is 1. The van der Waals surface area contributed by atoms with Gasteiger partial charge in [0.05, 0.1) is 10.5 Å². The van der Waals surface area contributed by atoms with E-state index in [1.54, 1.807) is 18.2 Å².